The summed E-state index contributed by atoms with van der Waals surface area (Å²) in [6, 6.07) is 0. The molecule has 0 spiro atoms. The number of ketones is 1. The molecule has 11 heavy (non-hydrogen) atoms. The second-order valence-corrected chi connectivity index (χ2v) is 2.36. The maximum atomic E-state index is 10.9. The Kier molecular flexibility index (Phi) is 5.43. The summed E-state index contributed by atoms with van der Waals surface area (Å²) < 4.78 is 4.66. The minimum absolute atomic E-state index is 0.138. The Morgan fingerprint density at radius 1 is 1.55 bits per heavy atom. The van der Waals surface area contributed by atoms with Crippen molar-refractivity contribution in [2.24, 2.45) is 0 Å². The highest BCUT2D eigenvalue weighted by atomic mass is 16.5. The molecule has 0 aliphatic heterocycles. The molecule has 0 fully saturated rings. The van der Waals surface area contributed by atoms with Crippen LogP contribution in [0.3, 0.4) is 0 Å². The Morgan fingerprint density at radius 3 is 2.55 bits per heavy atom. The molecule has 0 aromatic heterocycles. The van der Waals surface area contributed by atoms with Crippen molar-refractivity contribution in [3.05, 3.63) is 0 Å². The molecule has 1 atom stereocenters. The van der Waals surface area contributed by atoms with Crippen LogP contribution in [0.25, 0.3) is 0 Å². The fourth-order valence-electron chi connectivity index (χ4n) is 0.766. The number of hydrogen-bond donors (Lipinski definition) is 0. The number of Topliss-reactive ketones (excluding diaryl/α,β-unsaturated/α-hetero) is 1. The first-order chi connectivity index (χ1) is 5.24. The lowest BCUT2D eigenvalue weighted by Gasteiger charge is -2.10. The molecule has 0 saturated carbocycles. The van der Waals surface area contributed by atoms with Gasteiger partial charge in [0.25, 0.3) is 6.47 Å². The maximum absolute atomic E-state index is 10.9. The van der Waals surface area contributed by atoms with Crippen molar-refractivity contribution in [1.29, 1.82) is 0 Å². The van der Waals surface area contributed by atoms with Gasteiger partial charge in [-0.3, -0.25) is 9.59 Å². The predicted octanol–water partition coefficient (Wildman–Crippen LogP) is 1.31. The van der Waals surface area contributed by atoms with Crippen LogP contribution in [0.4, 0.5) is 0 Å². The molecular weight excluding hydrogens is 144 g/mol. The zero-order valence-electron chi connectivity index (χ0n) is 7.00. The number of carbonyl (C=O) groups excluding carboxylic acids is 2. The highest BCUT2D eigenvalue weighted by Crippen LogP contribution is 2.03. The standard InChI is InChI=1S/C8H14O3/c1-3-7(10)5-8(4-2)11-6-9/h6,8H,3-5H2,1-2H3. The summed E-state index contributed by atoms with van der Waals surface area (Å²) in [6.45, 7) is 4.09. The van der Waals surface area contributed by atoms with Gasteiger partial charge in [0.15, 0.2) is 0 Å². The van der Waals surface area contributed by atoms with Crippen molar-refractivity contribution in [3.63, 3.8) is 0 Å². The molecule has 3 nitrogen and oxygen atoms in total. The number of ether oxygens (including phenoxy) is 1. The summed E-state index contributed by atoms with van der Waals surface area (Å²) in [5, 5.41) is 0. The highest BCUT2D eigenvalue weighted by molar-refractivity contribution is 5.78. The smallest absolute Gasteiger partial charge is 0.293 e. The summed E-state index contributed by atoms with van der Waals surface area (Å²) in [4.78, 5) is 20.8. The third kappa shape index (κ3) is 4.53. The summed E-state index contributed by atoms with van der Waals surface area (Å²) in [5.74, 6) is 0.138. The molecule has 0 aliphatic rings. The van der Waals surface area contributed by atoms with Crippen LogP contribution in [-0.4, -0.2) is 18.4 Å². The van der Waals surface area contributed by atoms with E-state index in [1.54, 1.807) is 6.92 Å². The van der Waals surface area contributed by atoms with Crippen LogP contribution in [-0.2, 0) is 14.3 Å². The van der Waals surface area contributed by atoms with E-state index in [1.165, 1.54) is 0 Å². The normalized spacial score (nSPS) is 12.2. The molecule has 64 valence electrons. The van der Waals surface area contributed by atoms with Crippen molar-refractivity contribution in [2.75, 3.05) is 0 Å². The second-order valence-electron chi connectivity index (χ2n) is 2.36. The summed E-state index contributed by atoms with van der Waals surface area (Å²) >= 11 is 0. The van der Waals surface area contributed by atoms with Gasteiger partial charge >= 0.3 is 0 Å². The van der Waals surface area contributed by atoms with Crippen molar-refractivity contribution in [1.82, 2.24) is 0 Å². The molecule has 0 aromatic rings. The molecule has 0 N–H and O–H groups in total. The van der Waals surface area contributed by atoms with Crippen molar-refractivity contribution >= 4 is 12.3 Å². The van der Waals surface area contributed by atoms with Crippen LogP contribution in [0.5, 0.6) is 0 Å². The molecule has 0 radical (unpaired) electrons. The Hall–Kier alpha value is -0.860. The first-order valence-electron chi connectivity index (χ1n) is 3.85. The van der Waals surface area contributed by atoms with Crippen LogP contribution in [0.15, 0.2) is 0 Å². The Bertz CT molecular complexity index is 131. The molecule has 0 bridgehead atoms. The van der Waals surface area contributed by atoms with E-state index in [2.05, 4.69) is 4.74 Å². The molecule has 0 aromatic carbocycles. The van der Waals surface area contributed by atoms with Crippen LogP contribution >= 0.6 is 0 Å². The van der Waals surface area contributed by atoms with Gasteiger partial charge in [0, 0.05) is 12.8 Å². The quantitative estimate of drug-likeness (QED) is 0.547. The van der Waals surface area contributed by atoms with E-state index in [-0.39, 0.29) is 11.9 Å². The van der Waals surface area contributed by atoms with Gasteiger partial charge in [-0.1, -0.05) is 13.8 Å². The van der Waals surface area contributed by atoms with Gasteiger partial charge in [-0.15, -0.1) is 0 Å². The van der Waals surface area contributed by atoms with Gasteiger partial charge in [0.05, 0.1) is 0 Å². The molecule has 1 unspecified atom stereocenters. The predicted molar refractivity (Wildman–Crippen MR) is 41.1 cm³/mol. The van der Waals surface area contributed by atoms with Crippen LogP contribution < -0.4 is 0 Å². The lowest BCUT2D eigenvalue weighted by molar-refractivity contribution is -0.135. The third-order valence-corrected chi connectivity index (χ3v) is 1.55. The van der Waals surface area contributed by atoms with Gasteiger partial charge in [-0.05, 0) is 6.42 Å². The van der Waals surface area contributed by atoms with E-state index in [1.807, 2.05) is 6.92 Å². The van der Waals surface area contributed by atoms with E-state index < -0.39 is 0 Å². The number of hydrogen-bond acceptors (Lipinski definition) is 3. The Morgan fingerprint density at radius 2 is 2.18 bits per heavy atom. The Labute approximate surface area is 66.7 Å². The molecule has 3 heteroatoms. The molecule has 0 saturated heterocycles. The average molecular weight is 158 g/mol. The molecular formula is C8H14O3. The van der Waals surface area contributed by atoms with E-state index in [9.17, 15) is 9.59 Å². The van der Waals surface area contributed by atoms with Crippen LogP contribution in [0.2, 0.25) is 0 Å². The third-order valence-electron chi connectivity index (χ3n) is 1.55. The van der Waals surface area contributed by atoms with Crippen LogP contribution in [0.1, 0.15) is 33.1 Å². The van der Waals surface area contributed by atoms with Gasteiger partial charge < -0.3 is 4.74 Å². The summed E-state index contributed by atoms with van der Waals surface area (Å²) in [7, 11) is 0. The van der Waals surface area contributed by atoms with Gasteiger partial charge in [0.1, 0.15) is 11.9 Å². The van der Waals surface area contributed by atoms with Gasteiger partial charge in [-0.2, -0.15) is 0 Å². The highest BCUT2D eigenvalue weighted by Gasteiger charge is 2.10. The number of carbonyl (C=O) groups is 2. The Balaban J connectivity index is 3.67. The zero-order valence-corrected chi connectivity index (χ0v) is 7.00. The van der Waals surface area contributed by atoms with E-state index >= 15 is 0 Å². The molecule has 0 aliphatic carbocycles. The van der Waals surface area contributed by atoms with E-state index in [4.69, 9.17) is 0 Å². The van der Waals surface area contributed by atoms with Crippen molar-refractivity contribution < 1.29 is 14.3 Å². The minimum Gasteiger partial charge on any atom is -0.464 e. The molecule has 0 amide bonds. The van der Waals surface area contributed by atoms with E-state index in [0.717, 1.165) is 0 Å². The van der Waals surface area contributed by atoms with Crippen LogP contribution in [0, 0.1) is 0 Å². The largest absolute Gasteiger partial charge is 0.464 e. The van der Waals surface area contributed by atoms with Crippen molar-refractivity contribution in [2.45, 2.75) is 39.2 Å². The summed E-state index contributed by atoms with van der Waals surface area (Å²) in [6.07, 6.45) is 1.34. The first-order valence-corrected chi connectivity index (χ1v) is 3.85. The van der Waals surface area contributed by atoms with E-state index in [0.29, 0.717) is 25.7 Å². The molecule has 0 heterocycles. The topological polar surface area (TPSA) is 43.4 Å². The molecule has 0 rings (SSSR count). The lowest BCUT2D eigenvalue weighted by atomic mass is 10.1. The first kappa shape index (κ1) is 10.1. The average Bonchev–Trinajstić information content (AvgIpc) is 2.03. The number of rotatable bonds is 6. The fourth-order valence-corrected chi connectivity index (χ4v) is 0.766. The SMILES string of the molecule is CCC(=O)CC(CC)OC=O. The van der Waals surface area contributed by atoms with Gasteiger partial charge in [-0.25, -0.2) is 0 Å². The monoisotopic (exact) mass is 158 g/mol. The summed E-state index contributed by atoms with van der Waals surface area (Å²) in [5.41, 5.74) is 0. The fraction of sp³-hybridized carbons (Fsp3) is 0.750. The minimum atomic E-state index is -0.222. The maximum Gasteiger partial charge on any atom is 0.293 e. The van der Waals surface area contributed by atoms with Gasteiger partial charge in [0.2, 0.25) is 0 Å². The zero-order chi connectivity index (χ0) is 8.69. The second kappa shape index (κ2) is 5.89. The van der Waals surface area contributed by atoms with Crippen molar-refractivity contribution in [3.8, 4) is 0 Å². The lowest BCUT2D eigenvalue weighted by Crippen LogP contribution is -2.15.